The molecule has 8 nitrogen and oxygen atoms in total. The molecule has 3 rings (SSSR count). The normalized spacial score (nSPS) is 11.3. The van der Waals surface area contributed by atoms with Crippen LogP contribution in [-0.2, 0) is 9.59 Å². The van der Waals surface area contributed by atoms with Crippen molar-refractivity contribution in [3.8, 4) is 0 Å². The van der Waals surface area contributed by atoms with Gasteiger partial charge in [-0.1, -0.05) is 54.1 Å². The van der Waals surface area contributed by atoms with Gasteiger partial charge in [0.15, 0.2) is 0 Å². The number of carboxylic acids is 2. The maximum Gasteiger partial charge on any atom is 0.414 e. The second kappa shape index (κ2) is 12.4. The topological polar surface area (TPSA) is 119 Å². The Kier molecular flexibility index (Phi) is 9.65. The standard InChI is InChI=1S/C22H24ClN3O.C2H2O4/c1-26(2)14-13-21(17-7-10-19(23)11-8-17)25-22(27)24-20-12-9-16-5-3-4-6-18(16)15-20;3-1(4)2(5)6/h3-12,15,21H,13-14H2,1-2H3,(H2,24,25,27);(H,3,4)(H,5,6). The lowest BCUT2D eigenvalue weighted by Crippen LogP contribution is -2.34. The van der Waals surface area contributed by atoms with Crippen molar-refractivity contribution in [2.45, 2.75) is 12.5 Å². The molecule has 2 amide bonds. The second-order valence-electron chi connectivity index (χ2n) is 7.47. The number of nitrogens with zero attached hydrogens (tertiary/aromatic N) is 1. The molecule has 0 heterocycles. The number of rotatable bonds is 6. The summed E-state index contributed by atoms with van der Waals surface area (Å²) in [7, 11) is 4.04. The van der Waals surface area contributed by atoms with E-state index in [-0.39, 0.29) is 12.1 Å². The number of aliphatic carboxylic acids is 2. The quantitative estimate of drug-likeness (QED) is 0.394. The van der Waals surface area contributed by atoms with Crippen molar-refractivity contribution in [1.82, 2.24) is 10.2 Å². The second-order valence-corrected chi connectivity index (χ2v) is 7.90. The number of hydrogen-bond donors (Lipinski definition) is 4. The third-order valence-electron chi connectivity index (χ3n) is 4.63. The SMILES string of the molecule is CN(C)CCC(NC(=O)Nc1ccc2ccccc2c1)c1ccc(Cl)cc1.O=C(O)C(=O)O. The minimum Gasteiger partial charge on any atom is -0.473 e. The first-order chi connectivity index (χ1) is 15.7. The molecule has 4 N–H and O–H groups in total. The highest BCUT2D eigenvalue weighted by Gasteiger charge is 2.15. The summed E-state index contributed by atoms with van der Waals surface area (Å²) >= 11 is 6.00. The molecule has 0 aromatic heterocycles. The van der Waals surface area contributed by atoms with E-state index in [9.17, 15) is 4.79 Å². The number of carboxylic acid groups (broad SMARTS) is 2. The summed E-state index contributed by atoms with van der Waals surface area (Å²) in [5.41, 5.74) is 1.81. The molecular formula is C24H26ClN3O5. The van der Waals surface area contributed by atoms with Gasteiger partial charge in [0.05, 0.1) is 6.04 Å². The molecule has 0 spiro atoms. The van der Waals surface area contributed by atoms with Gasteiger partial charge in [-0.15, -0.1) is 0 Å². The Labute approximate surface area is 196 Å². The van der Waals surface area contributed by atoms with Gasteiger partial charge in [0.1, 0.15) is 0 Å². The number of anilines is 1. The Bertz CT molecular complexity index is 1090. The Balaban J connectivity index is 0.000000569. The van der Waals surface area contributed by atoms with Gasteiger partial charge in [-0.2, -0.15) is 0 Å². The average molecular weight is 472 g/mol. The minimum absolute atomic E-state index is 0.0925. The van der Waals surface area contributed by atoms with E-state index in [1.807, 2.05) is 74.8 Å². The Morgan fingerprint density at radius 3 is 2.09 bits per heavy atom. The zero-order valence-electron chi connectivity index (χ0n) is 18.3. The fourth-order valence-corrected chi connectivity index (χ4v) is 3.12. The number of urea groups is 1. The number of carbonyl (C=O) groups is 3. The highest BCUT2D eigenvalue weighted by molar-refractivity contribution is 6.30. The van der Waals surface area contributed by atoms with Crippen LogP contribution in [0.15, 0.2) is 66.7 Å². The molecule has 1 atom stereocenters. The van der Waals surface area contributed by atoms with Gasteiger partial charge in [-0.25, -0.2) is 14.4 Å². The molecule has 174 valence electrons. The lowest BCUT2D eigenvalue weighted by atomic mass is 10.0. The molecule has 3 aromatic carbocycles. The van der Waals surface area contributed by atoms with E-state index in [0.717, 1.165) is 35.0 Å². The van der Waals surface area contributed by atoms with E-state index in [0.29, 0.717) is 5.02 Å². The summed E-state index contributed by atoms with van der Waals surface area (Å²) in [6, 6.07) is 21.3. The van der Waals surface area contributed by atoms with Crippen LogP contribution < -0.4 is 10.6 Å². The Morgan fingerprint density at radius 1 is 0.909 bits per heavy atom. The minimum atomic E-state index is -1.82. The fraction of sp³-hybridized carbons (Fsp3) is 0.208. The van der Waals surface area contributed by atoms with Crippen molar-refractivity contribution in [2.24, 2.45) is 0 Å². The highest BCUT2D eigenvalue weighted by atomic mass is 35.5. The molecule has 0 saturated heterocycles. The van der Waals surface area contributed by atoms with Gasteiger partial charge >= 0.3 is 18.0 Å². The van der Waals surface area contributed by atoms with Crippen molar-refractivity contribution in [1.29, 1.82) is 0 Å². The van der Waals surface area contributed by atoms with E-state index in [1.54, 1.807) is 0 Å². The molecule has 33 heavy (non-hydrogen) atoms. The maximum absolute atomic E-state index is 12.6. The van der Waals surface area contributed by atoms with Gasteiger partial charge in [-0.05, 0) is 67.7 Å². The van der Waals surface area contributed by atoms with E-state index in [2.05, 4.69) is 21.6 Å². The molecule has 0 aliphatic carbocycles. The van der Waals surface area contributed by atoms with E-state index in [1.165, 1.54) is 0 Å². The van der Waals surface area contributed by atoms with E-state index >= 15 is 0 Å². The molecule has 0 saturated carbocycles. The maximum atomic E-state index is 12.6. The van der Waals surface area contributed by atoms with Crippen LogP contribution in [-0.4, -0.2) is 53.7 Å². The molecule has 0 aliphatic rings. The average Bonchev–Trinajstić information content (AvgIpc) is 2.77. The van der Waals surface area contributed by atoms with Gasteiger partial charge in [0.2, 0.25) is 0 Å². The van der Waals surface area contributed by atoms with Crippen molar-refractivity contribution < 1.29 is 24.6 Å². The summed E-state index contributed by atoms with van der Waals surface area (Å²) in [4.78, 5) is 32.9. The fourth-order valence-electron chi connectivity index (χ4n) is 3.00. The van der Waals surface area contributed by atoms with Gasteiger partial charge in [0, 0.05) is 10.7 Å². The number of amides is 2. The zero-order valence-corrected chi connectivity index (χ0v) is 19.0. The number of carbonyl (C=O) groups excluding carboxylic acids is 1. The number of fused-ring (bicyclic) bond motifs is 1. The Morgan fingerprint density at radius 2 is 1.52 bits per heavy atom. The predicted octanol–water partition coefficient (Wildman–Crippen LogP) is 4.46. The highest BCUT2D eigenvalue weighted by Crippen LogP contribution is 2.21. The number of halogens is 1. The summed E-state index contributed by atoms with van der Waals surface area (Å²) in [6.07, 6.45) is 0.805. The molecule has 0 radical (unpaired) electrons. The first kappa shape index (κ1) is 25.6. The molecule has 0 fully saturated rings. The van der Waals surface area contributed by atoms with Crippen LogP contribution in [0.2, 0.25) is 5.02 Å². The first-order valence-electron chi connectivity index (χ1n) is 10.1. The van der Waals surface area contributed by atoms with Gasteiger partial charge in [-0.3, -0.25) is 0 Å². The van der Waals surface area contributed by atoms with Crippen LogP contribution >= 0.6 is 11.6 Å². The summed E-state index contributed by atoms with van der Waals surface area (Å²) in [6.45, 7) is 0.865. The Hall–Kier alpha value is -3.62. The predicted molar refractivity (Wildman–Crippen MR) is 129 cm³/mol. The smallest absolute Gasteiger partial charge is 0.414 e. The molecule has 1 unspecified atom stereocenters. The van der Waals surface area contributed by atoms with Crippen molar-refractivity contribution in [3.63, 3.8) is 0 Å². The first-order valence-corrected chi connectivity index (χ1v) is 10.5. The zero-order chi connectivity index (χ0) is 24.4. The third kappa shape index (κ3) is 8.80. The van der Waals surface area contributed by atoms with Crippen molar-refractivity contribution in [3.05, 3.63) is 77.3 Å². The van der Waals surface area contributed by atoms with Crippen molar-refractivity contribution >= 4 is 46.0 Å². The van der Waals surface area contributed by atoms with Crippen LogP contribution in [0.1, 0.15) is 18.0 Å². The monoisotopic (exact) mass is 471 g/mol. The summed E-state index contributed by atoms with van der Waals surface area (Å²) < 4.78 is 0. The molecule has 3 aromatic rings. The van der Waals surface area contributed by atoms with Crippen molar-refractivity contribution in [2.75, 3.05) is 26.0 Å². The molecule has 0 aliphatic heterocycles. The molecule has 0 bridgehead atoms. The number of benzene rings is 3. The van der Waals surface area contributed by atoms with E-state index in [4.69, 9.17) is 31.4 Å². The molecular weight excluding hydrogens is 446 g/mol. The summed E-state index contributed by atoms with van der Waals surface area (Å²) in [5, 5.41) is 23.7. The van der Waals surface area contributed by atoms with Crippen LogP contribution in [0.3, 0.4) is 0 Å². The molecule has 9 heteroatoms. The largest absolute Gasteiger partial charge is 0.473 e. The van der Waals surface area contributed by atoms with Gasteiger partial charge in [0.25, 0.3) is 0 Å². The third-order valence-corrected chi connectivity index (χ3v) is 4.88. The summed E-state index contributed by atoms with van der Waals surface area (Å²) in [5.74, 6) is -3.65. The lowest BCUT2D eigenvalue weighted by molar-refractivity contribution is -0.159. The van der Waals surface area contributed by atoms with Crippen LogP contribution in [0, 0.1) is 0 Å². The van der Waals surface area contributed by atoms with Crippen LogP contribution in [0.25, 0.3) is 10.8 Å². The van der Waals surface area contributed by atoms with Crippen LogP contribution in [0.5, 0.6) is 0 Å². The van der Waals surface area contributed by atoms with Crippen LogP contribution in [0.4, 0.5) is 10.5 Å². The van der Waals surface area contributed by atoms with Gasteiger partial charge < -0.3 is 25.7 Å². The number of nitrogens with one attached hydrogen (secondary N) is 2. The lowest BCUT2D eigenvalue weighted by Gasteiger charge is -2.21. The number of hydrogen-bond acceptors (Lipinski definition) is 4. The van der Waals surface area contributed by atoms with E-state index < -0.39 is 11.9 Å².